The largest absolute Gasteiger partial charge is 0.207 e. The smallest absolute Gasteiger partial charge is 0.126 e. The Morgan fingerprint density at radius 3 is 2.53 bits per heavy atom. The Kier molecular flexibility index (Phi) is 4.20. The van der Waals surface area contributed by atoms with E-state index in [0.717, 1.165) is 29.4 Å². The molecule has 1 fully saturated rings. The van der Waals surface area contributed by atoms with E-state index in [1.807, 2.05) is 13.0 Å². The lowest BCUT2D eigenvalue weighted by atomic mass is 9.80. The van der Waals surface area contributed by atoms with Crippen LogP contribution in [0.1, 0.15) is 50.2 Å². The second-order valence-corrected chi connectivity index (χ2v) is 5.75. The molecule has 1 aliphatic carbocycles. The molecule has 0 radical (unpaired) electrons. The molecule has 1 aromatic rings. The third kappa shape index (κ3) is 3.55. The maximum Gasteiger partial charge on any atom is 0.126 e. The van der Waals surface area contributed by atoms with Crippen molar-refractivity contribution >= 4 is 0 Å². The number of aryl methyl sites for hydroxylation is 2. The van der Waals surface area contributed by atoms with Crippen molar-refractivity contribution in [2.24, 2.45) is 11.8 Å². The Hall–Kier alpha value is -0.850. The van der Waals surface area contributed by atoms with E-state index in [9.17, 15) is 4.39 Å². The van der Waals surface area contributed by atoms with Crippen LogP contribution in [0.4, 0.5) is 4.39 Å². The summed E-state index contributed by atoms with van der Waals surface area (Å²) in [6.45, 7) is 4.17. The molecule has 1 aromatic carbocycles. The molecule has 1 aliphatic rings. The van der Waals surface area contributed by atoms with Crippen molar-refractivity contribution in [2.45, 2.75) is 52.4 Å². The van der Waals surface area contributed by atoms with Gasteiger partial charge in [-0.2, -0.15) is 0 Å². The number of hydrogen-bond donors (Lipinski definition) is 0. The Morgan fingerprint density at radius 1 is 1.18 bits per heavy atom. The van der Waals surface area contributed by atoms with E-state index < -0.39 is 0 Å². The number of halogens is 1. The molecule has 94 valence electrons. The van der Waals surface area contributed by atoms with Gasteiger partial charge in [-0.25, -0.2) is 4.39 Å². The van der Waals surface area contributed by atoms with Gasteiger partial charge in [0.25, 0.3) is 0 Å². The van der Waals surface area contributed by atoms with Gasteiger partial charge in [0.15, 0.2) is 0 Å². The minimum absolute atomic E-state index is 0.0558. The third-order valence-corrected chi connectivity index (χ3v) is 4.21. The molecule has 0 unspecified atom stereocenters. The summed E-state index contributed by atoms with van der Waals surface area (Å²) in [6, 6.07) is 5.68. The van der Waals surface area contributed by atoms with Gasteiger partial charge in [0, 0.05) is 0 Å². The second-order valence-electron chi connectivity index (χ2n) is 5.75. The van der Waals surface area contributed by atoms with Crippen LogP contribution < -0.4 is 0 Å². The maximum atomic E-state index is 13.4. The van der Waals surface area contributed by atoms with Crippen molar-refractivity contribution in [3.05, 3.63) is 35.1 Å². The van der Waals surface area contributed by atoms with Gasteiger partial charge in [0.1, 0.15) is 5.82 Å². The van der Waals surface area contributed by atoms with Crippen molar-refractivity contribution in [3.63, 3.8) is 0 Å². The molecule has 0 bridgehead atoms. The van der Waals surface area contributed by atoms with Crippen LogP contribution in [-0.2, 0) is 6.42 Å². The van der Waals surface area contributed by atoms with E-state index in [1.54, 1.807) is 6.07 Å². The maximum absolute atomic E-state index is 13.4. The minimum Gasteiger partial charge on any atom is -0.207 e. The highest BCUT2D eigenvalue weighted by atomic mass is 19.1. The zero-order valence-corrected chi connectivity index (χ0v) is 11.0. The molecule has 2 rings (SSSR count). The van der Waals surface area contributed by atoms with Crippen LogP contribution in [0.15, 0.2) is 18.2 Å². The summed E-state index contributed by atoms with van der Waals surface area (Å²) in [7, 11) is 0. The molecule has 1 heteroatoms. The van der Waals surface area contributed by atoms with Gasteiger partial charge in [0.05, 0.1) is 0 Å². The fourth-order valence-electron chi connectivity index (χ4n) is 2.78. The van der Waals surface area contributed by atoms with Crippen molar-refractivity contribution in [1.82, 2.24) is 0 Å². The zero-order chi connectivity index (χ0) is 12.3. The summed E-state index contributed by atoms with van der Waals surface area (Å²) in [4.78, 5) is 0. The molecule has 0 saturated heterocycles. The summed E-state index contributed by atoms with van der Waals surface area (Å²) in [5.41, 5.74) is 1.91. The molecule has 0 aromatic heterocycles. The van der Waals surface area contributed by atoms with Crippen LogP contribution in [0.25, 0.3) is 0 Å². The number of hydrogen-bond acceptors (Lipinski definition) is 0. The van der Waals surface area contributed by atoms with Gasteiger partial charge in [-0.15, -0.1) is 0 Å². The van der Waals surface area contributed by atoms with Crippen LogP contribution >= 0.6 is 0 Å². The van der Waals surface area contributed by atoms with Crippen LogP contribution in [0, 0.1) is 24.6 Å². The van der Waals surface area contributed by atoms with Crippen LogP contribution in [-0.4, -0.2) is 0 Å². The fourth-order valence-corrected chi connectivity index (χ4v) is 2.78. The fraction of sp³-hybridized carbons (Fsp3) is 0.625. The molecule has 17 heavy (non-hydrogen) atoms. The SMILES string of the molecule is Cc1ccc(CCC2CCC(C)CC2)cc1F. The molecular weight excluding hydrogens is 211 g/mol. The highest BCUT2D eigenvalue weighted by Crippen LogP contribution is 2.31. The average Bonchev–Trinajstić information content (AvgIpc) is 2.33. The van der Waals surface area contributed by atoms with Gasteiger partial charge in [0.2, 0.25) is 0 Å². The Balaban J connectivity index is 1.83. The topological polar surface area (TPSA) is 0 Å². The van der Waals surface area contributed by atoms with E-state index in [1.165, 1.54) is 32.1 Å². The summed E-state index contributed by atoms with van der Waals surface area (Å²) in [5.74, 6) is 1.73. The summed E-state index contributed by atoms with van der Waals surface area (Å²) in [6.07, 6.45) is 7.77. The van der Waals surface area contributed by atoms with Crippen molar-refractivity contribution in [3.8, 4) is 0 Å². The van der Waals surface area contributed by atoms with Gasteiger partial charge in [-0.05, 0) is 48.8 Å². The highest BCUT2D eigenvalue weighted by molar-refractivity contribution is 5.23. The predicted octanol–water partition coefficient (Wildman–Crippen LogP) is 4.89. The zero-order valence-electron chi connectivity index (χ0n) is 11.0. The van der Waals surface area contributed by atoms with E-state index >= 15 is 0 Å². The lowest BCUT2D eigenvalue weighted by molar-refractivity contribution is 0.277. The summed E-state index contributed by atoms with van der Waals surface area (Å²) >= 11 is 0. The quantitative estimate of drug-likeness (QED) is 0.698. The molecule has 0 atom stereocenters. The van der Waals surface area contributed by atoms with Gasteiger partial charge < -0.3 is 0 Å². The van der Waals surface area contributed by atoms with Crippen molar-refractivity contribution in [1.29, 1.82) is 0 Å². The molecule has 0 aliphatic heterocycles. The molecule has 0 N–H and O–H groups in total. The molecule has 1 saturated carbocycles. The average molecular weight is 234 g/mol. The monoisotopic (exact) mass is 234 g/mol. The lowest BCUT2D eigenvalue weighted by Gasteiger charge is -2.26. The standard InChI is InChI=1S/C16H23F/c1-12-3-6-14(7-4-12)9-10-15-8-5-13(2)16(17)11-15/h5,8,11-12,14H,3-4,6-7,9-10H2,1-2H3. The van der Waals surface area contributed by atoms with Crippen LogP contribution in [0.3, 0.4) is 0 Å². The molecular formula is C16H23F. The molecule has 0 heterocycles. The van der Waals surface area contributed by atoms with E-state index in [-0.39, 0.29) is 5.82 Å². The van der Waals surface area contributed by atoms with Crippen LogP contribution in [0.5, 0.6) is 0 Å². The van der Waals surface area contributed by atoms with Crippen molar-refractivity contribution in [2.75, 3.05) is 0 Å². The lowest BCUT2D eigenvalue weighted by Crippen LogP contribution is -2.12. The van der Waals surface area contributed by atoms with E-state index in [4.69, 9.17) is 0 Å². The highest BCUT2D eigenvalue weighted by Gasteiger charge is 2.17. The Bertz CT molecular complexity index is 362. The van der Waals surface area contributed by atoms with E-state index in [2.05, 4.69) is 13.0 Å². The van der Waals surface area contributed by atoms with Crippen molar-refractivity contribution < 1.29 is 4.39 Å². The summed E-state index contributed by atoms with van der Waals surface area (Å²) in [5, 5.41) is 0. The normalized spacial score (nSPS) is 24.9. The molecule has 0 amide bonds. The first-order chi connectivity index (χ1) is 8.15. The first-order valence-corrected chi connectivity index (χ1v) is 6.90. The number of benzene rings is 1. The minimum atomic E-state index is -0.0558. The third-order valence-electron chi connectivity index (χ3n) is 4.21. The van der Waals surface area contributed by atoms with Gasteiger partial charge in [-0.1, -0.05) is 44.7 Å². The first kappa shape index (κ1) is 12.6. The molecule has 0 nitrogen and oxygen atoms in total. The Morgan fingerprint density at radius 2 is 1.88 bits per heavy atom. The summed E-state index contributed by atoms with van der Waals surface area (Å²) < 4.78 is 13.4. The molecule has 0 spiro atoms. The Labute approximate surface area is 104 Å². The van der Waals surface area contributed by atoms with E-state index in [0.29, 0.717) is 0 Å². The second kappa shape index (κ2) is 5.66. The van der Waals surface area contributed by atoms with Gasteiger partial charge in [-0.3, -0.25) is 0 Å². The van der Waals surface area contributed by atoms with Crippen LogP contribution in [0.2, 0.25) is 0 Å². The predicted molar refractivity (Wildman–Crippen MR) is 70.6 cm³/mol. The first-order valence-electron chi connectivity index (χ1n) is 6.90. The van der Waals surface area contributed by atoms with Gasteiger partial charge >= 0.3 is 0 Å². The number of rotatable bonds is 3.